The summed E-state index contributed by atoms with van der Waals surface area (Å²) < 4.78 is 9.82. The summed E-state index contributed by atoms with van der Waals surface area (Å²) in [6.07, 6.45) is 2.50. The van der Waals surface area contributed by atoms with Crippen LogP contribution < -0.4 is 0 Å². The van der Waals surface area contributed by atoms with Gasteiger partial charge in [0.25, 0.3) is 0 Å². The van der Waals surface area contributed by atoms with Crippen molar-refractivity contribution in [1.29, 1.82) is 0 Å². The summed E-state index contributed by atoms with van der Waals surface area (Å²) in [6, 6.07) is 2.02. The van der Waals surface area contributed by atoms with E-state index in [9.17, 15) is 4.79 Å². The number of carbonyl (C=O) groups is 1. The van der Waals surface area contributed by atoms with Gasteiger partial charge in [-0.15, -0.1) is 0 Å². The van der Waals surface area contributed by atoms with Crippen molar-refractivity contribution in [3.8, 4) is 0 Å². The van der Waals surface area contributed by atoms with E-state index in [4.69, 9.17) is 9.05 Å². The largest absolute Gasteiger partial charge is 0.364 e. The zero-order valence-corrected chi connectivity index (χ0v) is 12.7. The molecule has 0 aliphatic carbocycles. The summed E-state index contributed by atoms with van der Waals surface area (Å²) in [5.41, 5.74) is 0.906. The topological polar surface area (TPSA) is 88.5 Å². The number of nitrogens with zero attached hydrogens (tertiary/aromatic N) is 5. The first-order valence-electron chi connectivity index (χ1n) is 7.30. The molecule has 2 aromatic heterocycles. The third kappa shape index (κ3) is 3.33. The lowest BCUT2D eigenvalue weighted by Gasteiger charge is -2.26. The highest BCUT2D eigenvalue weighted by Crippen LogP contribution is 2.19. The Morgan fingerprint density at radius 2 is 2.36 bits per heavy atom. The molecular formula is C14H19N5O3. The lowest BCUT2D eigenvalue weighted by Crippen LogP contribution is -2.40. The molecule has 2 aromatic rings. The molecule has 0 bridgehead atoms. The fourth-order valence-electron chi connectivity index (χ4n) is 2.81. The number of aryl methyl sites for hydroxylation is 1. The van der Waals surface area contributed by atoms with Crippen LogP contribution in [-0.4, -0.2) is 50.1 Å². The van der Waals surface area contributed by atoms with Gasteiger partial charge in [-0.25, -0.2) is 0 Å². The van der Waals surface area contributed by atoms with E-state index in [0.29, 0.717) is 18.3 Å². The van der Waals surface area contributed by atoms with Crippen molar-refractivity contribution in [3.63, 3.8) is 0 Å². The maximum absolute atomic E-state index is 12.0. The Kier molecular flexibility index (Phi) is 4.19. The van der Waals surface area contributed by atoms with Gasteiger partial charge in [-0.3, -0.25) is 9.69 Å². The van der Waals surface area contributed by atoms with Crippen molar-refractivity contribution >= 4 is 5.91 Å². The molecule has 1 fully saturated rings. The summed E-state index contributed by atoms with van der Waals surface area (Å²) >= 11 is 0. The Labute approximate surface area is 128 Å². The summed E-state index contributed by atoms with van der Waals surface area (Å²) in [5.74, 6) is 1.08. The molecule has 1 unspecified atom stereocenters. The van der Waals surface area contributed by atoms with Crippen LogP contribution in [0.25, 0.3) is 0 Å². The molecule has 8 nitrogen and oxygen atoms in total. The van der Waals surface area contributed by atoms with E-state index in [1.54, 1.807) is 20.1 Å². The van der Waals surface area contributed by atoms with Crippen LogP contribution in [0.15, 0.2) is 21.4 Å². The molecule has 0 spiro atoms. The Morgan fingerprint density at radius 3 is 3.00 bits per heavy atom. The van der Waals surface area contributed by atoms with Crippen LogP contribution in [0.5, 0.6) is 0 Å². The molecule has 1 atom stereocenters. The second kappa shape index (κ2) is 6.27. The number of hydrogen-bond donors (Lipinski definition) is 0. The molecule has 0 N–H and O–H groups in total. The van der Waals surface area contributed by atoms with Crippen LogP contribution in [0, 0.1) is 6.92 Å². The smallest absolute Gasteiger partial charge is 0.223 e. The Hall–Kier alpha value is -2.22. The van der Waals surface area contributed by atoms with Gasteiger partial charge in [-0.1, -0.05) is 10.3 Å². The fourth-order valence-corrected chi connectivity index (χ4v) is 2.81. The number of hydrogen-bond acceptors (Lipinski definition) is 7. The van der Waals surface area contributed by atoms with E-state index in [-0.39, 0.29) is 11.9 Å². The molecule has 118 valence electrons. The highest BCUT2D eigenvalue weighted by molar-refractivity contribution is 5.73. The van der Waals surface area contributed by atoms with Gasteiger partial charge in [0.05, 0.1) is 12.2 Å². The van der Waals surface area contributed by atoms with Crippen LogP contribution in [0.1, 0.15) is 30.8 Å². The zero-order chi connectivity index (χ0) is 15.5. The molecule has 0 saturated carbocycles. The predicted octanol–water partition coefficient (Wildman–Crippen LogP) is 0.989. The normalized spacial score (nSPS) is 18.7. The number of amides is 1. The van der Waals surface area contributed by atoms with E-state index in [0.717, 1.165) is 31.7 Å². The van der Waals surface area contributed by atoms with E-state index in [1.807, 2.05) is 11.0 Å². The van der Waals surface area contributed by atoms with Gasteiger partial charge in [0.15, 0.2) is 5.82 Å². The van der Waals surface area contributed by atoms with Crippen molar-refractivity contribution < 1.29 is 13.8 Å². The van der Waals surface area contributed by atoms with Gasteiger partial charge in [-0.05, 0) is 6.42 Å². The van der Waals surface area contributed by atoms with Gasteiger partial charge < -0.3 is 13.9 Å². The van der Waals surface area contributed by atoms with Gasteiger partial charge in [-0.2, -0.15) is 4.98 Å². The highest BCUT2D eigenvalue weighted by Gasteiger charge is 2.30. The number of rotatable bonds is 5. The Morgan fingerprint density at radius 1 is 1.50 bits per heavy atom. The highest BCUT2D eigenvalue weighted by atomic mass is 16.5. The first-order valence-corrected chi connectivity index (χ1v) is 7.30. The first kappa shape index (κ1) is 14.7. The van der Waals surface area contributed by atoms with Crippen LogP contribution in [0.4, 0.5) is 0 Å². The molecule has 8 heteroatoms. The van der Waals surface area contributed by atoms with Crippen molar-refractivity contribution in [1.82, 2.24) is 25.1 Å². The van der Waals surface area contributed by atoms with E-state index in [2.05, 4.69) is 20.2 Å². The molecule has 22 heavy (non-hydrogen) atoms. The summed E-state index contributed by atoms with van der Waals surface area (Å²) in [7, 11) is 0. The second-order valence-electron chi connectivity index (χ2n) is 5.54. The molecule has 3 rings (SSSR count). The average Bonchev–Trinajstić information content (AvgIpc) is 3.19. The third-order valence-electron chi connectivity index (χ3n) is 3.85. The predicted molar refractivity (Wildman–Crippen MR) is 75.4 cm³/mol. The van der Waals surface area contributed by atoms with Gasteiger partial charge >= 0.3 is 0 Å². The lowest BCUT2D eigenvalue weighted by molar-refractivity contribution is -0.131. The van der Waals surface area contributed by atoms with Crippen LogP contribution in [-0.2, 0) is 17.9 Å². The molecule has 1 amide bonds. The van der Waals surface area contributed by atoms with Crippen molar-refractivity contribution in [2.24, 2.45) is 0 Å². The van der Waals surface area contributed by atoms with Crippen molar-refractivity contribution in [3.05, 3.63) is 29.7 Å². The minimum atomic E-state index is 0.0238. The molecule has 1 aliphatic heterocycles. The Balaban J connectivity index is 1.61. The van der Waals surface area contributed by atoms with Gasteiger partial charge in [0, 0.05) is 45.6 Å². The molecule has 1 saturated heterocycles. The lowest BCUT2D eigenvalue weighted by atomic mass is 10.2. The van der Waals surface area contributed by atoms with Crippen LogP contribution >= 0.6 is 0 Å². The number of carbonyl (C=O) groups excluding carboxylic acids is 1. The average molecular weight is 305 g/mol. The van der Waals surface area contributed by atoms with Gasteiger partial charge in [0.2, 0.25) is 11.8 Å². The zero-order valence-electron chi connectivity index (χ0n) is 12.7. The molecule has 3 heterocycles. The van der Waals surface area contributed by atoms with E-state index < -0.39 is 0 Å². The second-order valence-corrected chi connectivity index (χ2v) is 5.54. The SMILES string of the molecule is CC(=O)N(Cc1noc(C)n1)C1CCN(Cc2ccon2)C1. The summed E-state index contributed by atoms with van der Waals surface area (Å²) in [6.45, 7) is 6.17. The van der Waals surface area contributed by atoms with E-state index >= 15 is 0 Å². The molecule has 0 aromatic carbocycles. The van der Waals surface area contributed by atoms with Crippen LogP contribution in [0.3, 0.4) is 0 Å². The minimum Gasteiger partial charge on any atom is -0.364 e. The Bertz CT molecular complexity index is 624. The van der Waals surface area contributed by atoms with Gasteiger partial charge in [0.1, 0.15) is 6.26 Å². The maximum atomic E-state index is 12.0. The summed E-state index contributed by atoms with van der Waals surface area (Å²) in [4.78, 5) is 20.2. The van der Waals surface area contributed by atoms with Crippen molar-refractivity contribution in [2.45, 2.75) is 39.4 Å². The van der Waals surface area contributed by atoms with E-state index in [1.165, 1.54) is 0 Å². The number of likely N-dealkylation sites (tertiary alicyclic amines) is 1. The first-order chi connectivity index (χ1) is 10.6. The third-order valence-corrected chi connectivity index (χ3v) is 3.85. The number of aromatic nitrogens is 3. The quantitative estimate of drug-likeness (QED) is 0.813. The van der Waals surface area contributed by atoms with Crippen molar-refractivity contribution in [2.75, 3.05) is 13.1 Å². The van der Waals surface area contributed by atoms with Crippen LogP contribution in [0.2, 0.25) is 0 Å². The molecular weight excluding hydrogens is 286 g/mol. The molecule has 1 aliphatic rings. The standard InChI is InChI=1S/C14H19N5O3/c1-10-15-14(17-22-10)9-19(11(2)20)13-3-5-18(8-13)7-12-4-6-21-16-12/h4,6,13H,3,5,7-9H2,1-2H3. The maximum Gasteiger partial charge on any atom is 0.223 e. The summed E-state index contributed by atoms with van der Waals surface area (Å²) in [5, 5.41) is 7.80. The minimum absolute atomic E-state index is 0.0238. The molecule has 0 radical (unpaired) electrons. The fraction of sp³-hybridized carbons (Fsp3) is 0.571. The monoisotopic (exact) mass is 305 g/mol.